The Bertz CT molecular complexity index is 571. The van der Waals surface area contributed by atoms with Gasteiger partial charge in [0.15, 0.2) is 0 Å². The first-order chi connectivity index (χ1) is 13.3. The summed E-state index contributed by atoms with van der Waals surface area (Å²) in [6.45, 7) is 15.2. The van der Waals surface area contributed by atoms with Crippen molar-refractivity contribution < 1.29 is 0 Å². The normalized spacial score (nSPS) is 46.5. The highest BCUT2D eigenvalue weighted by atomic mass is 14.6. The number of rotatable bonds is 5. The molecular weight excluding hydrogens is 336 g/mol. The second-order valence-corrected chi connectivity index (χ2v) is 12.5. The third kappa shape index (κ3) is 3.65. The summed E-state index contributed by atoms with van der Waals surface area (Å²) < 4.78 is 0. The van der Waals surface area contributed by atoms with Crippen LogP contribution in [0.3, 0.4) is 0 Å². The van der Waals surface area contributed by atoms with Crippen LogP contribution in [0.25, 0.3) is 0 Å². The van der Waals surface area contributed by atoms with E-state index in [2.05, 4.69) is 47.6 Å². The lowest BCUT2D eigenvalue weighted by molar-refractivity contribution is -0.00419. The van der Waals surface area contributed by atoms with Gasteiger partial charge in [-0.25, -0.2) is 0 Å². The van der Waals surface area contributed by atoms with Crippen LogP contribution < -0.4 is 0 Å². The fourth-order valence-electron chi connectivity index (χ4n) is 8.84. The first kappa shape index (κ1) is 21.0. The summed E-state index contributed by atoms with van der Waals surface area (Å²) in [6, 6.07) is 0. The molecule has 0 unspecified atom stereocenters. The van der Waals surface area contributed by atoms with Crippen molar-refractivity contribution in [3.63, 3.8) is 0 Å². The first-order valence-corrected chi connectivity index (χ1v) is 13.0. The maximum absolute atomic E-state index is 2.75. The highest BCUT2D eigenvalue weighted by molar-refractivity contribution is 5.24. The van der Waals surface area contributed by atoms with E-state index in [0.29, 0.717) is 5.41 Å². The third-order valence-corrected chi connectivity index (χ3v) is 10.2. The molecule has 0 nitrogen and oxygen atoms in total. The molecule has 0 spiro atoms. The Hall–Kier alpha value is -0.260. The molecule has 0 N–H and O–H groups in total. The van der Waals surface area contributed by atoms with Crippen molar-refractivity contribution in [2.45, 2.75) is 106 Å². The second kappa shape index (κ2) is 8.11. The van der Waals surface area contributed by atoms with Crippen LogP contribution in [0, 0.1) is 58.7 Å². The standard InChI is InChI=1S/C28H48/c1-18(2)8-7-9-20(4)27-21(5)17-25-23-11-10-22-16-19(3)14-15-28(22,6)26(23)13-12-24(25)27/h10,18-21,23-27H,7-9,11-17H2,1-6H3/t19-,20+,21-,23-,24-,25-,26-,27-,28-/m0/s1. The van der Waals surface area contributed by atoms with Crippen LogP contribution in [-0.2, 0) is 0 Å². The van der Waals surface area contributed by atoms with Gasteiger partial charge in [0.2, 0.25) is 0 Å². The molecule has 0 aromatic heterocycles. The molecule has 4 aliphatic rings. The van der Waals surface area contributed by atoms with Crippen molar-refractivity contribution in [1.29, 1.82) is 0 Å². The molecule has 9 atom stereocenters. The van der Waals surface area contributed by atoms with Gasteiger partial charge in [-0.2, -0.15) is 0 Å². The minimum Gasteiger partial charge on any atom is -0.0845 e. The summed E-state index contributed by atoms with van der Waals surface area (Å²) in [6.07, 6.45) is 17.5. The van der Waals surface area contributed by atoms with Gasteiger partial charge in [0, 0.05) is 0 Å². The fraction of sp³-hybridized carbons (Fsp3) is 0.929. The van der Waals surface area contributed by atoms with E-state index in [1.165, 1.54) is 51.4 Å². The zero-order valence-corrected chi connectivity index (χ0v) is 19.8. The van der Waals surface area contributed by atoms with Crippen LogP contribution in [0.2, 0.25) is 0 Å². The quantitative estimate of drug-likeness (QED) is 0.417. The summed E-state index contributed by atoms with van der Waals surface area (Å²) in [5, 5.41) is 0. The average molecular weight is 385 g/mol. The van der Waals surface area contributed by atoms with Gasteiger partial charge in [-0.3, -0.25) is 0 Å². The molecule has 0 bridgehead atoms. The van der Waals surface area contributed by atoms with Crippen molar-refractivity contribution in [3.8, 4) is 0 Å². The predicted molar refractivity (Wildman–Crippen MR) is 122 cm³/mol. The number of fused-ring (bicyclic) bond motifs is 5. The summed E-state index contributed by atoms with van der Waals surface area (Å²) in [5.41, 5.74) is 2.43. The molecular formula is C28H48. The van der Waals surface area contributed by atoms with E-state index in [0.717, 1.165) is 53.3 Å². The summed E-state index contributed by atoms with van der Waals surface area (Å²) in [5.74, 6) is 8.83. The van der Waals surface area contributed by atoms with Crippen LogP contribution >= 0.6 is 0 Å². The molecule has 0 aromatic rings. The van der Waals surface area contributed by atoms with Gasteiger partial charge in [0.25, 0.3) is 0 Å². The van der Waals surface area contributed by atoms with E-state index in [1.54, 1.807) is 12.8 Å². The lowest BCUT2D eigenvalue weighted by Crippen LogP contribution is -2.47. The topological polar surface area (TPSA) is 0 Å². The van der Waals surface area contributed by atoms with E-state index in [4.69, 9.17) is 0 Å². The molecule has 28 heavy (non-hydrogen) atoms. The molecule has 0 aliphatic heterocycles. The molecule has 3 fully saturated rings. The molecule has 0 heterocycles. The first-order valence-electron chi connectivity index (χ1n) is 13.0. The molecule has 0 aromatic carbocycles. The third-order valence-electron chi connectivity index (χ3n) is 10.2. The monoisotopic (exact) mass is 384 g/mol. The Labute approximate surface area is 176 Å². The van der Waals surface area contributed by atoms with Crippen molar-refractivity contribution in [3.05, 3.63) is 11.6 Å². The zero-order chi connectivity index (χ0) is 20.1. The Morgan fingerprint density at radius 2 is 1.79 bits per heavy atom. The molecule has 4 rings (SSSR count). The lowest BCUT2D eigenvalue weighted by atomic mass is 9.49. The van der Waals surface area contributed by atoms with Crippen LogP contribution in [0.4, 0.5) is 0 Å². The van der Waals surface area contributed by atoms with E-state index >= 15 is 0 Å². The minimum absolute atomic E-state index is 0.560. The van der Waals surface area contributed by atoms with Gasteiger partial charge in [-0.15, -0.1) is 0 Å². The van der Waals surface area contributed by atoms with Crippen LogP contribution in [0.15, 0.2) is 11.6 Å². The molecule has 0 heteroatoms. The Morgan fingerprint density at radius 3 is 2.54 bits per heavy atom. The van der Waals surface area contributed by atoms with Gasteiger partial charge < -0.3 is 0 Å². The Kier molecular flexibility index (Phi) is 6.08. The second-order valence-electron chi connectivity index (χ2n) is 12.5. The molecule has 3 saturated carbocycles. The molecule has 0 amide bonds. The summed E-state index contributed by atoms with van der Waals surface area (Å²) in [4.78, 5) is 0. The van der Waals surface area contributed by atoms with Gasteiger partial charge in [0.1, 0.15) is 0 Å². The Balaban J connectivity index is 1.47. The van der Waals surface area contributed by atoms with Gasteiger partial charge >= 0.3 is 0 Å². The van der Waals surface area contributed by atoms with Crippen molar-refractivity contribution in [2.75, 3.05) is 0 Å². The maximum atomic E-state index is 2.75. The number of allylic oxidation sites excluding steroid dienone is 2. The fourth-order valence-corrected chi connectivity index (χ4v) is 8.84. The van der Waals surface area contributed by atoms with E-state index < -0.39 is 0 Å². The highest BCUT2D eigenvalue weighted by Gasteiger charge is 2.55. The SMILES string of the molecule is CC(C)CCC[C@@H](C)[C@@H]1[C@H]2CC[C@H]3[C@@H](CC=C4C[C@@H](C)CC[C@@]43C)[C@@H]2C[C@@H]1C. The largest absolute Gasteiger partial charge is 0.0845 e. The summed E-state index contributed by atoms with van der Waals surface area (Å²) >= 11 is 0. The highest BCUT2D eigenvalue weighted by Crippen LogP contribution is 2.64. The number of hydrogen-bond donors (Lipinski definition) is 0. The van der Waals surface area contributed by atoms with Crippen molar-refractivity contribution in [1.82, 2.24) is 0 Å². The van der Waals surface area contributed by atoms with Gasteiger partial charge in [0.05, 0.1) is 0 Å². The van der Waals surface area contributed by atoms with Crippen LogP contribution in [-0.4, -0.2) is 0 Å². The van der Waals surface area contributed by atoms with Crippen LogP contribution in [0.1, 0.15) is 106 Å². The van der Waals surface area contributed by atoms with E-state index in [9.17, 15) is 0 Å². The zero-order valence-electron chi connectivity index (χ0n) is 19.8. The smallest absolute Gasteiger partial charge is 0.00851 e. The molecule has 160 valence electrons. The maximum Gasteiger partial charge on any atom is -0.00851 e. The van der Waals surface area contributed by atoms with E-state index in [1.807, 2.05) is 5.57 Å². The average Bonchev–Trinajstić information content (AvgIpc) is 2.98. The van der Waals surface area contributed by atoms with Crippen LogP contribution in [0.5, 0.6) is 0 Å². The lowest BCUT2D eigenvalue weighted by Gasteiger charge is -2.55. The molecule has 4 aliphatic carbocycles. The summed E-state index contributed by atoms with van der Waals surface area (Å²) in [7, 11) is 0. The van der Waals surface area contributed by atoms with Crippen molar-refractivity contribution >= 4 is 0 Å². The van der Waals surface area contributed by atoms with Gasteiger partial charge in [-0.05, 0) is 104 Å². The Morgan fingerprint density at radius 1 is 1.00 bits per heavy atom. The molecule has 0 radical (unpaired) electrons. The number of hydrogen-bond acceptors (Lipinski definition) is 0. The van der Waals surface area contributed by atoms with Crippen molar-refractivity contribution in [2.24, 2.45) is 58.7 Å². The molecule has 0 saturated heterocycles. The van der Waals surface area contributed by atoms with E-state index in [-0.39, 0.29) is 0 Å². The van der Waals surface area contributed by atoms with Gasteiger partial charge in [-0.1, -0.05) is 72.5 Å². The minimum atomic E-state index is 0.560. The predicted octanol–water partition coefficient (Wildman–Crippen LogP) is 8.52.